The molecule has 0 aliphatic heterocycles. The average Bonchev–Trinajstić information content (AvgIpc) is 2.94. The molecule has 0 spiro atoms. The minimum Gasteiger partial charge on any atom is -0.347 e. The normalized spacial score (nSPS) is 14.2. The van der Waals surface area contributed by atoms with Gasteiger partial charge in [0.25, 0.3) is 0 Å². The van der Waals surface area contributed by atoms with Crippen LogP contribution in [-0.2, 0) is 4.79 Å². The van der Waals surface area contributed by atoms with Crippen LogP contribution in [0.2, 0.25) is 0 Å². The highest BCUT2D eigenvalue weighted by atomic mass is 32.1. The number of nitrogens with two attached hydrogens (primary N) is 1. The van der Waals surface area contributed by atoms with Gasteiger partial charge in [-0.25, -0.2) is 4.98 Å². The fourth-order valence-electron chi connectivity index (χ4n) is 2.35. The van der Waals surface area contributed by atoms with E-state index in [1.54, 1.807) is 17.5 Å². The third kappa shape index (κ3) is 5.59. The number of nitrogens with one attached hydrogen (secondary N) is 1. The molecule has 114 valence electrons. The molecular weight excluding hydrogens is 270 g/mol. The maximum Gasteiger partial charge on any atom is 0.220 e. The van der Waals surface area contributed by atoms with E-state index in [-0.39, 0.29) is 11.9 Å². The molecule has 20 heavy (non-hydrogen) atoms. The first-order valence-corrected chi connectivity index (χ1v) is 8.35. The van der Waals surface area contributed by atoms with E-state index in [0.29, 0.717) is 24.8 Å². The Balaban J connectivity index is 2.42. The Morgan fingerprint density at radius 2 is 2.20 bits per heavy atom. The fraction of sp³-hybridized carbons (Fsp3) is 0.733. The molecule has 0 radical (unpaired) electrons. The number of amides is 1. The zero-order valence-electron chi connectivity index (χ0n) is 12.8. The Morgan fingerprint density at radius 3 is 2.70 bits per heavy atom. The minimum atomic E-state index is 0.0505. The molecule has 0 aromatic carbocycles. The maximum atomic E-state index is 12.1. The second-order valence-electron chi connectivity index (χ2n) is 5.52. The first-order valence-electron chi connectivity index (χ1n) is 7.47. The van der Waals surface area contributed by atoms with E-state index in [9.17, 15) is 4.79 Å². The zero-order chi connectivity index (χ0) is 15.0. The third-order valence-electron chi connectivity index (χ3n) is 3.72. The summed E-state index contributed by atoms with van der Waals surface area (Å²) in [5.74, 6) is 1.23. The first-order chi connectivity index (χ1) is 9.58. The molecule has 5 heteroatoms. The summed E-state index contributed by atoms with van der Waals surface area (Å²) in [6.45, 7) is 7.16. The molecule has 2 unspecified atom stereocenters. The zero-order valence-corrected chi connectivity index (χ0v) is 13.6. The van der Waals surface area contributed by atoms with Crippen LogP contribution in [0.25, 0.3) is 0 Å². The average molecular weight is 297 g/mol. The van der Waals surface area contributed by atoms with Gasteiger partial charge in [0.1, 0.15) is 5.01 Å². The summed E-state index contributed by atoms with van der Waals surface area (Å²) in [4.78, 5) is 16.4. The summed E-state index contributed by atoms with van der Waals surface area (Å²) >= 11 is 1.59. The van der Waals surface area contributed by atoms with Crippen LogP contribution >= 0.6 is 11.3 Å². The van der Waals surface area contributed by atoms with Gasteiger partial charge in [-0.05, 0) is 37.6 Å². The van der Waals surface area contributed by atoms with E-state index in [1.807, 2.05) is 5.38 Å². The smallest absolute Gasteiger partial charge is 0.220 e. The molecule has 1 aromatic rings. The van der Waals surface area contributed by atoms with E-state index in [4.69, 9.17) is 5.73 Å². The summed E-state index contributed by atoms with van der Waals surface area (Å²) in [5, 5.41) is 6.02. The van der Waals surface area contributed by atoms with Gasteiger partial charge in [0, 0.05) is 18.0 Å². The second kappa shape index (κ2) is 9.08. The number of carbonyl (C=O) groups excluding carboxylic acids is 1. The molecule has 0 saturated carbocycles. The van der Waals surface area contributed by atoms with Crippen LogP contribution in [0.4, 0.5) is 0 Å². The van der Waals surface area contributed by atoms with Gasteiger partial charge in [-0.15, -0.1) is 11.3 Å². The van der Waals surface area contributed by atoms with Gasteiger partial charge in [-0.1, -0.05) is 20.8 Å². The van der Waals surface area contributed by atoms with Crippen LogP contribution in [0.15, 0.2) is 11.6 Å². The van der Waals surface area contributed by atoms with Crippen LogP contribution in [0, 0.1) is 11.8 Å². The minimum absolute atomic E-state index is 0.0505. The lowest BCUT2D eigenvalue weighted by Crippen LogP contribution is -2.28. The molecule has 2 atom stereocenters. The first kappa shape index (κ1) is 17.1. The van der Waals surface area contributed by atoms with Crippen LogP contribution in [0.5, 0.6) is 0 Å². The van der Waals surface area contributed by atoms with Crippen LogP contribution < -0.4 is 11.1 Å². The van der Waals surface area contributed by atoms with Gasteiger partial charge in [-0.2, -0.15) is 0 Å². The maximum absolute atomic E-state index is 12.1. The molecule has 1 rings (SSSR count). The Morgan fingerprint density at radius 1 is 1.45 bits per heavy atom. The highest BCUT2D eigenvalue weighted by Crippen LogP contribution is 2.22. The largest absolute Gasteiger partial charge is 0.347 e. The summed E-state index contributed by atoms with van der Waals surface area (Å²) in [7, 11) is 0. The van der Waals surface area contributed by atoms with E-state index < -0.39 is 0 Å². The number of carbonyl (C=O) groups is 1. The highest BCUT2D eigenvalue weighted by Gasteiger charge is 2.17. The highest BCUT2D eigenvalue weighted by molar-refractivity contribution is 7.09. The van der Waals surface area contributed by atoms with E-state index in [0.717, 1.165) is 24.3 Å². The number of hydrogen-bond acceptors (Lipinski definition) is 4. The Bertz CT molecular complexity index is 378. The van der Waals surface area contributed by atoms with Gasteiger partial charge in [0.15, 0.2) is 0 Å². The predicted molar refractivity (Wildman–Crippen MR) is 84.5 cm³/mol. The van der Waals surface area contributed by atoms with Crippen molar-refractivity contribution >= 4 is 17.2 Å². The molecule has 1 amide bonds. The van der Waals surface area contributed by atoms with Crippen molar-refractivity contribution in [2.45, 2.75) is 52.5 Å². The van der Waals surface area contributed by atoms with Gasteiger partial charge in [0.2, 0.25) is 5.91 Å². The molecular formula is C15H27N3OS. The van der Waals surface area contributed by atoms with Gasteiger partial charge in [0.05, 0.1) is 6.04 Å². The standard InChI is InChI=1S/C15H27N3OS/c1-4-13(15-17-9-10-20-15)18-14(19)6-5-12(7-8-16)11(2)3/h9-13H,4-8,16H2,1-3H3,(H,18,19). The molecule has 0 saturated heterocycles. The Kier molecular flexibility index (Phi) is 7.77. The second-order valence-corrected chi connectivity index (χ2v) is 6.44. The van der Waals surface area contributed by atoms with Crippen molar-refractivity contribution < 1.29 is 4.79 Å². The Hall–Kier alpha value is -0.940. The van der Waals surface area contributed by atoms with Crippen LogP contribution in [0.1, 0.15) is 57.5 Å². The lowest BCUT2D eigenvalue weighted by atomic mass is 9.88. The summed E-state index contributed by atoms with van der Waals surface area (Å²) in [6, 6.07) is 0.0505. The molecule has 1 aromatic heterocycles. The summed E-state index contributed by atoms with van der Waals surface area (Å²) in [6.07, 6.45) is 5.13. The van der Waals surface area contributed by atoms with Crippen molar-refractivity contribution in [3.05, 3.63) is 16.6 Å². The molecule has 0 aliphatic carbocycles. The van der Waals surface area contributed by atoms with Crippen molar-refractivity contribution in [3.63, 3.8) is 0 Å². The molecule has 1 heterocycles. The van der Waals surface area contributed by atoms with Crippen molar-refractivity contribution in [3.8, 4) is 0 Å². The molecule has 0 aliphatic rings. The molecule has 0 bridgehead atoms. The topological polar surface area (TPSA) is 68.0 Å². The van der Waals surface area contributed by atoms with Gasteiger partial charge in [-0.3, -0.25) is 4.79 Å². The lowest BCUT2D eigenvalue weighted by molar-refractivity contribution is -0.122. The van der Waals surface area contributed by atoms with E-state index in [2.05, 4.69) is 31.1 Å². The quantitative estimate of drug-likeness (QED) is 0.736. The SMILES string of the molecule is CCC(NC(=O)CCC(CCN)C(C)C)c1nccs1. The van der Waals surface area contributed by atoms with Crippen molar-refractivity contribution in [2.24, 2.45) is 17.6 Å². The van der Waals surface area contributed by atoms with Crippen LogP contribution in [-0.4, -0.2) is 17.4 Å². The van der Waals surface area contributed by atoms with Gasteiger partial charge < -0.3 is 11.1 Å². The molecule has 0 fully saturated rings. The monoisotopic (exact) mass is 297 g/mol. The van der Waals surface area contributed by atoms with E-state index >= 15 is 0 Å². The van der Waals surface area contributed by atoms with Crippen molar-refractivity contribution in [1.82, 2.24) is 10.3 Å². The predicted octanol–water partition coefficient (Wildman–Crippen LogP) is 3.11. The fourth-order valence-corrected chi connectivity index (χ4v) is 3.13. The number of nitrogens with zero attached hydrogens (tertiary/aromatic N) is 1. The van der Waals surface area contributed by atoms with Crippen molar-refractivity contribution in [2.75, 3.05) is 6.54 Å². The van der Waals surface area contributed by atoms with Crippen molar-refractivity contribution in [1.29, 1.82) is 0 Å². The Labute approximate surface area is 126 Å². The lowest BCUT2D eigenvalue weighted by Gasteiger charge is -2.20. The number of hydrogen-bond donors (Lipinski definition) is 2. The van der Waals surface area contributed by atoms with Gasteiger partial charge >= 0.3 is 0 Å². The third-order valence-corrected chi connectivity index (χ3v) is 4.60. The molecule has 4 nitrogen and oxygen atoms in total. The number of thiazole rings is 1. The number of aromatic nitrogens is 1. The molecule has 3 N–H and O–H groups in total. The van der Waals surface area contributed by atoms with Crippen LogP contribution in [0.3, 0.4) is 0 Å². The van der Waals surface area contributed by atoms with E-state index in [1.165, 1.54) is 0 Å². The summed E-state index contributed by atoms with van der Waals surface area (Å²) in [5.41, 5.74) is 5.63. The summed E-state index contributed by atoms with van der Waals surface area (Å²) < 4.78 is 0. The number of rotatable bonds is 9.